The Hall–Kier alpha value is -2.96. The van der Waals surface area contributed by atoms with Crippen molar-refractivity contribution in [1.82, 2.24) is 5.32 Å². The third-order valence-corrected chi connectivity index (χ3v) is 4.54. The summed E-state index contributed by atoms with van der Waals surface area (Å²) < 4.78 is 10.7. The van der Waals surface area contributed by atoms with Gasteiger partial charge in [-0.1, -0.05) is 23.2 Å². The van der Waals surface area contributed by atoms with Gasteiger partial charge in [0.15, 0.2) is 0 Å². The normalized spacial score (nSPS) is 10.5. The van der Waals surface area contributed by atoms with E-state index in [9.17, 15) is 9.59 Å². The molecule has 0 spiro atoms. The maximum Gasteiger partial charge on any atom is 0.371 e. The first-order valence-corrected chi connectivity index (χ1v) is 8.88. The zero-order valence-corrected chi connectivity index (χ0v) is 16.2. The van der Waals surface area contributed by atoms with Crippen LogP contribution >= 0.6 is 23.2 Å². The van der Waals surface area contributed by atoms with Gasteiger partial charge in [0, 0.05) is 22.7 Å². The number of rotatable bonds is 6. The van der Waals surface area contributed by atoms with Gasteiger partial charge in [0.2, 0.25) is 5.76 Å². The van der Waals surface area contributed by atoms with Gasteiger partial charge in [-0.05, 0) is 48.5 Å². The van der Waals surface area contributed by atoms with Crippen LogP contribution in [0.3, 0.4) is 0 Å². The summed E-state index contributed by atoms with van der Waals surface area (Å²) in [6.45, 7) is 0.168. The summed E-state index contributed by atoms with van der Waals surface area (Å²) in [6, 6.07) is 12.8. The van der Waals surface area contributed by atoms with E-state index < -0.39 is 5.97 Å². The number of carboxylic acid groups (broad SMARTS) is 1. The molecule has 0 saturated carbocycles. The zero-order valence-electron chi connectivity index (χ0n) is 14.7. The van der Waals surface area contributed by atoms with Gasteiger partial charge in [-0.15, -0.1) is 0 Å². The van der Waals surface area contributed by atoms with Crippen LogP contribution in [0.1, 0.15) is 26.5 Å². The van der Waals surface area contributed by atoms with E-state index in [0.717, 1.165) is 0 Å². The van der Waals surface area contributed by atoms with Crippen LogP contribution in [-0.4, -0.2) is 24.1 Å². The number of ether oxygens (including phenoxy) is 1. The van der Waals surface area contributed by atoms with Gasteiger partial charge >= 0.3 is 5.97 Å². The Balaban J connectivity index is 1.82. The second-order valence-electron chi connectivity index (χ2n) is 5.80. The lowest BCUT2D eigenvalue weighted by Crippen LogP contribution is -2.23. The molecule has 0 atom stereocenters. The van der Waals surface area contributed by atoms with Gasteiger partial charge in [-0.25, -0.2) is 4.79 Å². The molecule has 0 radical (unpaired) electrons. The molecule has 0 saturated heterocycles. The Kier molecular flexibility index (Phi) is 5.92. The van der Waals surface area contributed by atoms with Crippen molar-refractivity contribution in [3.05, 3.63) is 75.5 Å². The summed E-state index contributed by atoms with van der Waals surface area (Å²) in [7, 11) is 1.52. The summed E-state index contributed by atoms with van der Waals surface area (Å²) >= 11 is 11.9. The van der Waals surface area contributed by atoms with Crippen LogP contribution in [0.15, 0.2) is 52.9 Å². The predicted octanol–water partition coefficient (Wildman–Crippen LogP) is 4.89. The maximum absolute atomic E-state index is 12.4. The van der Waals surface area contributed by atoms with Crippen LogP contribution in [0, 0.1) is 0 Å². The van der Waals surface area contributed by atoms with Crippen LogP contribution in [0.4, 0.5) is 0 Å². The Bertz CT molecular complexity index is 1040. The maximum atomic E-state index is 12.4. The quantitative estimate of drug-likeness (QED) is 0.593. The Morgan fingerprint density at radius 2 is 1.89 bits per heavy atom. The topological polar surface area (TPSA) is 88.8 Å². The van der Waals surface area contributed by atoms with Crippen LogP contribution in [0.2, 0.25) is 10.0 Å². The van der Waals surface area contributed by atoms with E-state index in [1.807, 2.05) is 0 Å². The van der Waals surface area contributed by atoms with Crippen molar-refractivity contribution in [3.8, 4) is 17.1 Å². The smallest absolute Gasteiger partial charge is 0.371 e. The molecule has 0 bridgehead atoms. The summed E-state index contributed by atoms with van der Waals surface area (Å²) in [5.74, 6) is -0.699. The number of hydrogen-bond acceptors (Lipinski definition) is 4. The average Bonchev–Trinajstić information content (AvgIpc) is 3.16. The highest BCUT2D eigenvalue weighted by Crippen LogP contribution is 2.28. The van der Waals surface area contributed by atoms with Crippen molar-refractivity contribution in [1.29, 1.82) is 0 Å². The predicted molar refractivity (Wildman–Crippen MR) is 105 cm³/mol. The molecule has 2 aromatic carbocycles. The van der Waals surface area contributed by atoms with E-state index in [1.54, 1.807) is 36.4 Å². The number of halogens is 2. The van der Waals surface area contributed by atoms with Crippen LogP contribution in [0.25, 0.3) is 11.3 Å². The standard InChI is InChI=1S/C20H15Cl2NO5/c1-27-16-5-2-11(17-6-7-18(28-17)20(25)26)8-12(16)10-23-19(24)14-4-3-13(21)9-15(14)22/h2-9H,10H2,1H3,(H,23,24)(H,25,26). The number of carboxylic acids is 1. The number of nitrogens with one attached hydrogen (secondary N) is 1. The van der Waals surface area contributed by atoms with E-state index >= 15 is 0 Å². The van der Waals surface area contributed by atoms with Gasteiger partial charge in [-0.3, -0.25) is 4.79 Å². The number of carbonyl (C=O) groups is 2. The van der Waals surface area contributed by atoms with Crippen molar-refractivity contribution in [2.45, 2.75) is 6.54 Å². The molecule has 0 aliphatic rings. The van der Waals surface area contributed by atoms with Crippen molar-refractivity contribution < 1.29 is 23.8 Å². The molecule has 1 heterocycles. The number of furan rings is 1. The molecule has 6 nitrogen and oxygen atoms in total. The Labute approximate surface area is 170 Å². The first kappa shape index (κ1) is 19.8. The molecule has 3 aromatic rings. The van der Waals surface area contributed by atoms with Gasteiger partial charge in [0.05, 0.1) is 17.7 Å². The average molecular weight is 420 g/mol. The third-order valence-electron chi connectivity index (χ3n) is 4.00. The number of benzene rings is 2. The number of carbonyl (C=O) groups excluding carboxylic acids is 1. The molecule has 0 aliphatic carbocycles. The highest BCUT2D eigenvalue weighted by Gasteiger charge is 2.15. The largest absolute Gasteiger partial charge is 0.496 e. The minimum Gasteiger partial charge on any atom is -0.496 e. The molecule has 3 rings (SSSR count). The summed E-state index contributed by atoms with van der Waals surface area (Å²) in [5, 5.41) is 12.5. The van der Waals surface area contributed by atoms with Gasteiger partial charge in [0.1, 0.15) is 11.5 Å². The highest BCUT2D eigenvalue weighted by molar-refractivity contribution is 6.36. The van der Waals surface area contributed by atoms with Crippen molar-refractivity contribution >= 4 is 35.1 Å². The monoisotopic (exact) mass is 419 g/mol. The zero-order chi connectivity index (χ0) is 20.3. The summed E-state index contributed by atoms with van der Waals surface area (Å²) in [6.07, 6.45) is 0. The minimum absolute atomic E-state index is 0.155. The number of amides is 1. The molecule has 0 fully saturated rings. The number of aromatic carboxylic acids is 1. The van der Waals surface area contributed by atoms with Crippen molar-refractivity contribution in [2.24, 2.45) is 0 Å². The minimum atomic E-state index is -1.15. The molecule has 1 amide bonds. The van der Waals surface area contributed by atoms with E-state index in [4.69, 9.17) is 37.5 Å². The van der Waals surface area contributed by atoms with Gasteiger partial charge < -0.3 is 19.6 Å². The van der Waals surface area contributed by atoms with Gasteiger partial charge in [0.25, 0.3) is 5.91 Å². The van der Waals surface area contributed by atoms with Crippen LogP contribution in [0.5, 0.6) is 5.75 Å². The molecule has 1 aromatic heterocycles. The van der Waals surface area contributed by atoms with E-state index in [2.05, 4.69) is 5.32 Å². The first-order chi connectivity index (χ1) is 13.4. The highest BCUT2D eigenvalue weighted by atomic mass is 35.5. The fraction of sp³-hybridized carbons (Fsp3) is 0.100. The lowest BCUT2D eigenvalue weighted by molar-refractivity contribution is 0.0663. The van der Waals surface area contributed by atoms with Crippen LogP contribution < -0.4 is 10.1 Å². The second-order valence-corrected chi connectivity index (χ2v) is 6.65. The molecule has 8 heteroatoms. The SMILES string of the molecule is COc1ccc(-c2ccc(C(=O)O)o2)cc1CNC(=O)c1ccc(Cl)cc1Cl. The first-order valence-electron chi connectivity index (χ1n) is 8.12. The Morgan fingerprint density at radius 1 is 1.11 bits per heavy atom. The lowest BCUT2D eigenvalue weighted by Gasteiger charge is -2.12. The molecule has 144 valence electrons. The third kappa shape index (κ3) is 4.30. The summed E-state index contributed by atoms with van der Waals surface area (Å²) in [4.78, 5) is 23.4. The summed E-state index contributed by atoms with van der Waals surface area (Å²) in [5.41, 5.74) is 1.65. The van der Waals surface area contributed by atoms with E-state index in [-0.39, 0.29) is 23.2 Å². The molecule has 2 N–H and O–H groups in total. The lowest BCUT2D eigenvalue weighted by atomic mass is 10.1. The number of methoxy groups -OCH3 is 1. The fourth-order valence-corrected chi connectivity index (χ4v) is 3.12. The second kappa shape index (κ2) is 8.37. The van der Waals surface area contributed by atoms with Crippen molar-refractivity contribution in [3.63, 3.8) is 0 Å². The molecule has 0 aliphatic heterocycles. The molecular formula is C20H15Cl2NO5. The van der Waals surface area contributed by atoms with Crippen LogP contribution in [-0.2, 0) is 6.54 Å². The van der Waals surface area contributed by atoms with Gasteiger partial charge in [-0.2, -0.15) is 0 Å². The Morgan fingerprint density at radius 3 is 2.54 bits per heavy atom. The fourth-order valence-electron chi connectivity index (χ4n) is 2.62. The molecule has 0 unspecified atom stereocenters. The van der Waals surface area contributed by atoms with Crippen molar-refractivity contribution in [2.75, 3.05) is 7.11 Å². The molecule has 28 heavy (non-hydrogen) atoms. The van der Waals surface area contributed by atoms with E-state index in [1.165, 1.54) is 19.2 Å². The molecular weight excluding hydrogens is 405 g/mol. The van der Waals surface area contributed by atoms with E-state index in [0.29, 0.717) is 33.2 Å². The number of hydrogen-bond donors (Lipinski definition) is 2.